The Morgan fingerprint density at radius 3 is 1.93 bits per heavy atom. The van der Waals surface area contributed by atoms with Crippen molar-refractivity contribution >= 4 is 10.9 Å². The molecule has 0 aliphatic carbocycles. The van der Waals surface area contributed by atoms with E-state index in [4.69, 9.17) is 0 Å². The molecule has 0 aliphatic rings. The second-order valence-electron chi connectivity index (χ2n) is 7.29. The Morgan fingerprint density at radius 1 is 0.741 bits per heavy atom. The van der Waals surface area contributed by atoms with Crippen molar-refractivity contribution in [2.24, 2.45) is 0 Å². The average molecular weight is 354 g/mol. The molecule has 1 atom stereocenters. The summed E-state index contributed by atoms with van der Waals surface area (Å²) in [4.78, 5) is 5.99. The van der Waals surface area contributed by atoms with Gasteiger partial charge in [-0.05, 0) is 36.1 Å². The molecule has 2 heteroatoms. The summed E-state index contributed by atoms with van der Waals surface area (Å²) in [6.07, 6.45) is 3.20. The first-order valence-corrected chi connectivity index (χ1v) is 9.66. The maximum atomic E-state index is 3.41. The number of aromatic amines is 1. The topological polar surface area (TPSA) is 19.0 Å². The van der Waals surface area contributed by atoms with Gasteiger partial charge in [-0.3, -0.25) is 4.90 Å². The van der Waals surface area contributed by atoms with Crippen LogP contribution in [0.25, 0.3) is 10.9 Å². The van der Waals surface area contributed by atoms with Crippen molar-refractivity contribution in [2.75, 3.05) is 0 Å². The van der Waals surface area contributed by atoms with Crippen LogP contribution >= 0.6 is 0 Å². The number of para-hydroxylation sites is 1. The lowest BCUT2D eigenvalue weighted by Gasteiger charge is -2.29. The van der Waals surface area contributed by atoms with Crippen molar-refractivity contribution in [3.05, 3.63) is 108 Å². The van der Waals surface area contributed by atoms with Gasteiger partial charge in [-0.1, -0.05) is 78.9 Å². The van der Waals surface area contributed by atoms with Crippen molar-refractivity contribution in [3.8, 4) is 0 Å². The van der Waals surface area contributed by atoms with Crippen LogP contribution in [-0.2, 0) is 19.5 Å². The fourth-order valence-electron chi connectivity index (χ4n) is 3.75. The standard InChI is InChI=1S/C25H26N2/c1-20(16-23-17-26-25-15-9-8-14-24(23)25)27(18-21-10-4-2-5-11-21)19-22-12-6-3-7-13-22/h2-15,17,20,26H,16,18-19H2,1H3/t20-/m0/s1. The Morgan fingerprint density at radius 2 is 1.30 bits per heavy atom. The van der Waals surface area contributed by atoms with Crippen molar-refractivity contribution in [1.82, 2.24) is 9.88 Å². The highest BCUT2D eigenvalue weighted by Crippen LogP contribution is 2.22. The monoisotopic (exact) mass is 354 g/mol. The predicted molar refractivity (Wildman–Crippen MR) is 114 cm³/mol. The van der Waals surface area contributed by atoms with E-state index in [1.54, 1.807) is 0 Å². The molecule has 0 unspecified atom stereocenters. The second kappa shape index (κ2) is 8.24. The lowest BCUT2D eigenvalue weighted by atomic mass is 10.0. The SMILES string of the molecule is C[C@@H](Cc1c[nH]c2ccccc12)N(Cc1ccccc1)Cc1ccccc1. The summed E-state index contributed by atoms with van der Waals surface area (Å²) in [7, 11) is 0. The quantitative estimate of drug-likeness (QED) is 0.444. The minimum absolute atomic E-state index is 0.435. The summed E-state index contributed by atoms with van der Waals surface area (Å²) >= 11 is 0. The predicted octanol–water partition coefficient (Wildman–Crippen LogP) is 5.80. The van der Waals surface area contributed by atoms with E-state index in [2.05, 4.69) is 108 Å². The van der Waals surface area contributed by atoms with Gasteiger partial charge in [0.25, 0.3) is 0 Å². The molecular weight excluding hydrogens is 328 g/mol. The Kier molecular flexibility index (Phi) is 5.36. The molecule has 0 aliphatic heterocycles. The van der Waals surface area contributed by atoms with E-state index in [0.29, 0.717) is 6.04 Å². The largest absolute Gasteiger partial charge is 0.361 e. The highest BCUT2D eigenvalue weighted by molar-refractivity contribution is 5.83. The van der Waals surface area contributed by atoms with Crippen LogP contribution in [-0.4, -0.2) is 15.9 Å². The summed E-state index contributed by atoms with van der Waals surface area (Å²) in [5.74, 6) is 0. The summed E-state index contributed by atoms with van der Waals surface area (Å²) in [6, 6.07) is 30.5. The number of nitrogens with one attached hydrogen (secondary N) is 1. The number of hydrogen-bond donors (Lipinski definition) is 1. The van der Waals surface area contributed by atoms with Crippen molar-refractivity contribution in [2.45, 2.75) is 32.5 Å². The Labute approximate surface area is 161 Å². The number of aromatic nitrogens is 1. The molecule has 136 valence electrons. The van der Waals surface area contributed by atoms with E-state index in [9.17, 15) is 0 Å². The van der Waals surface area contributed by atoms with Crippen LogP contribution in [0.15, 0.2) is 91.1 Å². The van der Waals surface area contributed by atoms with Crippen LogP contribution in [0.2, 0.25) is 0 Å². The van der Waals surface area contributed by atoms with Crippen LogP contribution in [0.5, 0.6) is 0 Å². The molecule has 0 radical (unpaired) electrons. The molecule has 0 saturated heterocycles. The van der Waals surface area contributed by atoms with Crippen LogP contribution < -0.4 is 0 Å². The van der Waals surface area contributed by atoms with Gasteiger partial charge in [0, 0.05) is 36.2 Å². The van der Waals surface area contributed by atoms with Gasteiger partial charge in [0.05, 0.1) is 0 Å². The molecule has 1 aromatic heterocycles. The third kappa shape index (κ3) is 4.29. The van der Waals surface area contributed by atoms with Crippen molar-refractivity contribution < 1.29 is 0 Å². The van der Waals surface area contributed by atoms with E-state index < -0.39 is 0 Å². The molecule has 0 amide bonds. The molecule has 2 nitrogen and oxygen atoms in total. The molecular formula is C25H26N2. The summed E-state index contributed by atoms with van der Waals surface area (Å²) in [6.45, 7) is 4.26. The van der Waals surface area contributed by atoms with Gasteiger partial charge in [-0.15, -0.1) is 0 Å². The number of H-pyrrole nitrogens is 1. The minimum atomic E-state index is 0.435. The minimum Gasteiger partial charge on any atom is -0.361 e. The van der Waals surface area contributed by atoms with Gasteiger partial charge in [0.1, 0.15) is 0 Å². The fourth-order valence-corrected chi connectivity index (χ4v) is 3.75. The highest BCUT2D eigenvalue weighted by Gasteiger charge is 2.17. The van der Waals surface area contributed by atoms with Gasteiger partial charge in [0.15, 0.2) is 0 Å². The van der Waals surface area contributed by atoms with Gasteiger partial charge < -0.3 is 4.98 Å². The Balaban J connectivity index is 1.56. The lowest BCUT2D eigenvalue weighted by molar-refractivity contribution is 0.189. The first-order chi connectivity index (χ1) is 13.3. The number of rotatable bonds is 7. The summed E-state index contributed by atoms with van der Waals surface area (Å²) < 4.78 is 0. The normalized spacial score (nSPS) is 12.5. The van der Waals surface area contributed by atoms with E-state index in [1.807, 2.05) is 0 Å². The summed E-state index contributed by atoms with van der Waals surface area (Å²) in [5.41, 5.74) is 5.33. The van der Waals surface area contributed by atoms with Crippen LogP contribution in [0.3, 0.4) is 0 Å². The van der Waals surface area contributed by atoms with Crippen LogP contribution in [0.4, 0.5) is 0 Å². The first-order valence-electron chi connectivity index (χ1n) is 9.66. The third-order valence-electron chi connectivity index (χ3n) is 5.27. The molecule has 0 fully saturated rings. The molecule has 27 heavy (non-hydrogen) atoms. The van der Waals surface area contributed by atoms with Gasteiger partial charge in [-0.25, -0.2) is 0 Å². The maximum absolute atomic E-state index is 3.41. The fraction of sp³-hybridized carbons (Fsp3) is 0.200. The van der Waals surface area contributed by atoms with E-state index in [1.165, 1.54) is 27.6 Å². The number of nitrogens with zero attached hydrogens (tertiary/aromatic N) is 1. The number of fused-ring (bicyclic) bond motifs is 1. The maximum Gasteiger partial charge on any atom is 0.0456 e. The zero-order valence-electron chi connectivity index (χ0n) is 15.8. The van der Waals surface area contributed by atoms with Gasteiger partial charge in [-0.2, -0.15) is 0 Å². The van der Waals surface area contributed by atoms with E-state index in [-0.39, 0.29) is 0 Å². The molecule has 0 spiro atoms. The zero-order valence-corrected chi connectivity index (χ0v) is 15.8. The molecule has 4 rings (SSSR count). The molecule has 4 aromatic rings. The van der Waals surface area contributed by atoms with Gasteiger partial charge in [0.2, 0.25) is 0 Å². The molecule has 1 heterocycles. The van der Waals surface area contributed by atoms with Crippen molar-refractivity contribution in [3.63, 3.8) is 0 Å². The second-order valence-corrected chi connectivity index (χ2v) is 7.29. The van der Waals surface area contributed by atoms with Gasteiger partial charge >= 0.3 is 0 Å². The number of benzene rings is 3. The highest BCUT2D eigenvalue weighted by atomic mass is 15.1. The zero-order chi connectivity index (χ0) is 18.5. The Bertz CT molecular complexity index is 931. The molecule has 1 N–H and O–H groups in total. The Hall–Kier alpha value is -2.84. The van der Waals surface area contributed by atoms with Crippen LogP contribution in [0, 0.1) is 0 Å². The third-order valence-corrected chi connectivity index (χ3v) is 5.27. The smallest absolute Gasteiger partial charge is 0.0456 e. The van der Waals surface area contributed by atoms with E-state index in [0.717, 1.165) is 19.5 Å². The van der Waals surface area contributed by atoms with E-state index >= 15 is 0 Å². The molecule has 3 aromatic carbocycles. The summed E-state index contributed by atoms with van der Waals surface area (Å²) in [5, 5.41) is 1.34. The van der Waals surface area contributed by atoms with Crippen molar-refractivity contribution in [1.29, 1.82) is 0 Å². The lowest BCUT2D eigenvalue weighted by Crippen LogP contribution is -2.33. The first kappa shape index (κ1) is 17.6. The van der Waals surface area contributed by atoms with Crippen LogP contribution in [0.1, 0.15) is 23.6 Å². The molecule has 0 saturated carbocycles. The molecule has 0 bridgehead atoms. The average Bonchev–Trinajstić information content (AvgIpc) is 3.12. The number of hydrogen-bond acceptors (Lipinski definition) is 1.